The van der Waals surface area contributed by atoms with Crippen molar-refractivity contribution in [2.75, 3.05) is 29.5 Å². The lowest BCUT2D eigenvalue weighted by molar-refractivity contribution is -0.122. The van der Waals surface area contributed by atoms with E-state index < -0.39 is 11.8 Å². The molecule has 0 bridgehead atoms. The number of ether oxygens (including phenoxy) is 1. The van der Waals surface area contributed by atoms with Gasteiger partial charge < -0.3 is 9.64 Å². The molecule has 2 heterocycles. The highest BCUT2D eigenvalue weighted by Crippen LogP contribution is 2.25. The summed E-state index contributed by atoms with van der Waals surface area (Å²) in [6.07, 6.45) is 4.03. The molecule has 0 unspecified atom stereocenters. The zero-order chi connectivity index (χ0) is 21.1. The Labute approximate surface area is 181 Å². The second-order valence-corrected chi connectivity index (χ2v) is 7.56. The molecular formula is C23H23N3O3S. The first kappa shape index (κ1) is 20.1. The number of nitrogens with zero attached hydrogens (tertiary/aromatic N) is 2. The van der Waals surface area contributed by atoms with E-state index >= 15 is 0 Å². The molecule has 2 saturated heterocycles. The van der Waals surface area contributed by atoms with Gasteiger partial charge in [0.05, 0.1) is 12.3 Å². The van der Waals surface area contributed by atoms with E-state index in [2.05, 4.69) is 10.2 Å². The molecule has 2 amide bonds. The van der Waals surface area contributed by atoms with Crippen molar-refractivity contribution in [2.24, 2.45) is 0 Å². The Hall–Kier alpha value is -3.19. The molecule has 4 rings (SSSR count). The van der Waals surface area contributed by atoms with Crippen LogP contribution in [0.3, 0.4) is 0 Å². The van der Waals surface area contributed by atoms with E-state index in [9.17, 15) is 9.59 Å². The van der Waals surface area contributed by atoms with Crippen LogP contribution >= 0.6 is 12.2 Å². The summed E-state index contributed by atoms with van der Waals surface area (Å²) >= 11 is 5.25. The van der Waals surface area contributed by atoms with E-state index in [0.717, 1.165) is 24.3 Å². The van der Waals surface area contributed by atoms with Gasteiger partial charge in [-0.15, -0.1) is 0 Å². The van der Waals surface area contributed by atoms with Crippen LogP contribution < -0.4 is 19.9 Å². The Morgan fingerprint density at radius 3 is 2.27 bits per heavy atom. The monoisotopic (exact) mass is 421 g/mol. The summed E-state index contributed by atoms with van der Waals surface area (Å²) < 4.78 is 5.44. The predicted octanol–water partition coefficient (Wildman–Crippen LogP) is 3.52. The minimum absolute atomic E-state index is 0.0476. The molecule has 2 aromatic rings. The topological polar surface area (TPSA) is 61.9 Å². The SMILES string of the molecule is CCOc1ccc(N2C(=O)C(=Cc3ccc(N4CCCC4)cc3)C(=O)NC2=S)cc1. The molecule has 0 aliphatic carbocycles. The number of anilines is 2. The highest BCUT2D eigenvalue weighted by Gasteiger charge is 2.34. The molecule has 2 aliphatic heterocycles. The molecule has 6 nitrogen and oxygen atoms in total. The van der Waals surface area contributed by atoms with Crippen LogP contribution in [0.1, 0.15) is 25.3 Å². The number of benzene rings is 2. The van der Waals surface area contributed by atoms with Gasteiger partial charge in [-0.05, 0) is 80.0 Å². The standard InChI is InChI=1S/C23H23N3O3S/c1-2-29-19-11-9-18(10-12-19)26-22(28)20(21(27)24-23(26)30)15-16-5-7-17(8-6-16)25-13-3-4-14-25/h5-12,15H,2-4,13-14H2,1H3,(H,24,27,30). The van der Waals surface area contributed by atoms with Gasteiger partial charge in [-0.3, -0.25) is 19.8 Å². The zero-order valence-corrected chi connectivity index (χ0v) is 17.6. The van der Waals surface area contributed by atoms with E-state index in [-0.39, 0.29) is 10.7 Å². The molecule has 1 N–H and O–H groups in total. The van der Waals surface area contributed by atoms with Crippen molar-refractivity contribution in [3.05, 3.63) is 59.7 Å². The van der Waals surface area contributed by atoms with Gasteiger partial charge in [-0.1, -0.05) is 12.1 Å². The fraction of sp³-hybridized carbons (Fsp3) is 0.261. The van der Waals surface area contributed by atoms with E-state index in [1.54, 1.807) is 30.3 Å². The van der Waals surface area contributed by atoms with Crippen LogP contribution in [0.2, 0.25) is 0 Å². The average Bonchev–Trinajstić information content (AvgIpc) is 3.28. The van der Waals surface area contributed by atoms with Gasteiger partial charge in [-0.25, -0.2) is 0 Å². The van der Waals surface area contributed by atoms with Crippen LogP contribution in [0, 0.1) is 0 Å². The molecule has 2 aliphatic rings. The Morgan fingerprint density at radius 1 is 1.00 bits per heavy atom. The molecule has 2 fully saturated rings. The van der Waals surface area contributed by atoms with E-state index in [0.29, 0.717) is 18.0 Å². The average molecular weight is 422 g/mol. The van der Waals surface area contributed by atoms with Gasteiger partial charge in [0.15, 0.2) is 5.11 Å². The maximum Gasteiger partial charge on any atom is 0.270 e. The van der Waals surface area contributed by atoms with Crippen LogP contribution in [0.15, 0.2) is 54.1 Å². The lowest BCUT2D eigenvalue weighted by atomic mass is 10.1. The molecule has 0 saturated carbocycles. The summed E-state index contributed by atoms with van der Waals surface area (Å²) in [6, 6.07) is 14.9. The smallest absolute Gasteiger partial charge is 0.270 e. The summed E-state index contributed by atoms with van der Waals surface area (Å²) in [5.74, 6) is -0.234. The van der Waals surface area contributed by atoms with Crippen LogP contribution in [0.25, 0.3) is 6.08 Å². The van der Waals surface area contributed by atoms with Crippen molar-refractivity contribution in [1.82, 2.24) is 5.32 Å². The predicted molar refractivity (Wildman–Crippen MR) is 122 cm³/mol. The van der Waals surface area contributed by atoms with Crippen LogP contribution in [-0.2, 0) is 9.59 Å². The number of rotatable bonds is 5. The van der Waals surface area contributed by atoms with Crippen molar-refractivity contribution in [3.63, 3.8) is 0 Å². The molecule has 0 aromatic heterocycles. The molecule has 7 heteroatoms. The van der Waals surface area contributed by atoms with Crippen molar-refractivity contribution in [2.45, 2.75) is 19.8 Å². The normalized spacial score (nSPS) is 18.2. The molecule has 0 atom stereocenters. The Balaban J connectivity index is 1.58. The number of thiocarbonyl (C=S) groups is 1. The third-order valence-electron chi connectivity index (χ3n) is 5.18. The van der Waals surface area contributed by atoms with Gasteiger partial charge in [-0.2, -0.15) is 0 Å². The van der Waals surface area contributed by atoms with Crippen molar-refractivity contribution < 1.29 is 14.3 Å². The number of hydrogen-bond acceptors (Lipinski definition) is 5. The quantitative estimate of drug-likeness (QED) is 0.455. The summed E-state index contributed by atoms with van der Waals surface area (Å²) in [6.45, 7) is 4.59. The third-order valence-corrected chi connectivity index (χ3v) is 5.47. The van der Waals surface area contributed by atoms with Gasteiger partial charge in [0.1, 0.15) is 11.3 Å². The maximum atomic E-state index is 13.1. The number of carbonyl (C=O) groups excluding carboxylic acids is 2. The van der Waals surface area contributed by atoms with Gasteiger partial charge in [0.25, 0.3) is 11.8 Å². The summed E-state index contributed by atoms with van der Waals surface area (Å²) in [5, 5.41) is 2.68. The van der Waals surface area contributed by atoms with Gasteiger partial charge in [0, 0.05) is 18.8 Å². The maximum absolute atomic E-state index is 13.1. The van der Waals surface area contributed by atoms with Crippen molar-refractivity contribution in [3.8, 4) is 5.75 Å². The largest absolute Gasteiger partial charge is 0.494 e. The molecule has 0 spiro atoms. The molecular weight excluding hydrogens is 398 g/mol. The summed E-state index contributed by atoms with van der Waals surface area (Å²) in [7, 11) is 0. The third kappa shape index (κ3) is 4.07. The van der Waals surface area contributed by atoms with E-state index in [4.69, 9.17) is 17.0 Å². The molecule has 0 radical (unpaired) electrons. The van der Waals surface area contributed by atoms with Crippen LogP contribution in [0.4, 0.5) is 11.4 Å². The Kier molecular flexibility index (Phi) is 5.81. The minimum atomic E-state index is -0.490. The summed E-state index contributed by atoms with van der Waals surface area (Å²) in [4.78, 5) is 29.2. The Bertz CT molecular complexity index is 993. The lowest BCUT2D eigenvalue weighted by Gasteiger charge is -2.29. The highest BCUT2D eigenvalue weighted by molar-refractivity contribution is 7.80. The van der Waals surface area contributed by atoms with Crippen molar-refractivity contribution >= 4 is 46.6 Å². The van der Waals surface area contributed by atoms with E-state index in [1.807, 2.05) is 31.2 Å². The summed E-state index contributed by atoms with van der Waals surface area (Å²) in [5.41, 5.74) is 2.57. The first-order valence-electron chi connectivity index (χ1n) is 10.1. The highest BCUT2D eigenvalue weighted by atomic mass is 32.1. The van der Waals surface area contributed by atoms with Gasteiger partial charge in [0.2, 0.25) is 0 Å². The number of nitrogens with one attached hydrogen (secondary N) is 1. The lowest BCUT2D eigenvalue weighted by Crippen LogP contribution is -2.54. The fourth-order valence-electron chi connectivity index (χ4n) is 3.67. The van der Waals surface area contributed by atoms with Crippen molar-refractivity contribution in [1.29, 1.82) is 0 Å². The first-order chi connectivity index (χ1) is 14.6. The van der Waals surface area contributed by atoms with Crippen LogP contribution in [-0.4, -0.2) is 36.6 Å². The number of carbonyl (C=O) groups is 2. The fourth-order valence-corrected chi connectivity index (χ4v) is 3.95. The first-order valence-corrected chi connectivity index (χ1v) is 10.5. The molecule has 30 heavy (non-hydrogen) atoms. The van der Waals surface area contributed by atoms with Gasteiger partial charge >= 0.3 is 0 Å². The van der Waals surface area contributed by atoms with Crippen LogP contribution in [0.5, 0.6) is 5.75 Å². The second kappa shape index (κ2) is 8.67. The number of amides is 2. The number of hydrogen-bond donors (Lipinski definition) is 1. The second-order valence-electron chi connectivity index (χ2n) is 7.17. The zero-order valence-electron chi connectivity index (χ0n) is 16.8. The Morgan fingerprint density at radius 2 is 1.63 bits per heavy atom. The van der Waals surface area contributed by atoms with E-state index in [1.165, 1.54) is 17.7 Å². The molecule has 2 aromatic carbocycles. The molecule has 154 valence electrons. The minimum Gasteiger partial charge on any atom is -0.494 e.